The summed E-state index contributed by atoms with van der Waals surface area (Å²) < 4.78 is 226. The maximum absolute atomic E-state index is 15.2. The first kappa shape index (κ1) is 136. The van der Waals surface area contributed by atoms with Gasteiger partial charge in [0.1, 0.15) is 0 Å². The summed E-state index contributed by atoms with van der Waals surface area (Å²) in [5.41, 5.74) is 1.73. The Balaban J connectivity index is 0.000000599. The third-order valence-corrected chi connectivity index (χ3v) is 37.4. The number of hydrogen-bond donors (Lipinski definition) is 5. The molecular formula is C117H149B2Br3F15GeLiO9. The van der Waals surface area contributed by atoms with Gasteiger partial charge in [-0.15, -0.1) is 0 Å². The van der Waals surface area contributed by atoms with E-state index >= 15 is 8.78 Å². The number of benzene rings is 11. The molecule has 11 aromatic rings. The van der Waals surface area contributed by atoms with Crippen LogP contribution < -0.4 is 48.7 Å². The number of hydrogen-bond acceptors (Lipinski definition) is 9. The topological polar surface area (TPSA) is 138 Å². The molecule has 0 fully saturated rings. The predicted octanol–water partition coefficient (Wildman–Crippen LogP) is 33.1. The summed E-state index contributed by atoms with van der Waals surface area (Å²) in [7, 11) is -4.09. The average Bonchev–Trinajstić information content (AvgIpc) is 0.815. The Morgan fingerprint density at radius 3 is 0.892 bits per heavy atom. The molecule has 148 heavy (non-hydrogen) atoms. The molecule has 0 unspecified atom stereocenters. The number of halogens is 18. The Labute approximate surface area is 910 Å². The molecule has 0 atom stereocenters. The Hall–Kier alpha value is -8.08. The van der Waals surface area contributed by atoms with E-state index in [4.69, 9.17) is 44.2 Å². The third kappa shape index (κ3) is 53.0. The smallest absolute Gasteiger partial charge is 0.505 e. The third-order valence-electron chi connectivity index (χ3n) is 24.0. The molecule has 11 aromatic carbocycles. The van der Waals surface area contributed by atoms with Gasteiger partial charge < -0.3 is 51.1 Å². The van der Waals surface area contributed by atoms with E-state index in [1.54, 1.807) is 30.3 Å². The van der Waals surface area contributed by atoms with Crippen molar-refractivity contribution < 1.29 is 129 Å². The van der Waals surface area contributed by atoms with Gasteiger partial charge in [0.05, 0.1) is 26.4 Å². The van der Waals surface area contributed by atoms with Crippen molar-refractivity contribution >= 4 is 86.2 Å². The molecule has 0 saturated carbocycles. The molecule has 0 aliphatic carbocycles. The fraction of sp³-hybridized carbons (Fsp3) is 0.427. The summed E-state index contributed by atoms with van der Waals surface area (Å²) in [6, 6.07) is 46.6. The summed E-state index contributed by atoms with van der Waals surface area (Å²) in [5.74, 6) is -12.7. The zero-order chi connectivity index (χ0) is 109. The monoisotopic (exact) mass is 2320 g/mol. The zero-order valence-electron chi connectivity index (χ0n) is 87.6. The molecule has 0 aliphatic heterocycles. The summed E-state index contributed by atoms with van der Waals surface area (Å²) in [5, 5.41) is 49.8. The molecule has 0 spiro atoms. The number of aromatic hydroxyl groups is 1. The predicted molar refractivity (Wildman–Crippen MR) is 587 cm³/mol. The Morgan fingerprint density at radius 2 is 0.568 bits per heavy atom. The second kappa shape index (κ2) is 80.7. The van der Waals surface area contributed by atoms with Gasteiger partial charge in [-0.2, -0.15) is 6.42 Å². The minimum absolute atomic E-state index is 0. The van der Waals surface area contributed by atoms with E-state index in [2.05, 4.69) is 129 Å². The van der Waals surface area contributed by atoms with E-state index in [1.807, 2.05) is 12.1 Å². The van der Waals surface area contributed by atoms with Crippen LogP contribution in [-0.2, 0) is 5.25 Å². The van der Waals surface area contributed by atoms with Crippen LogP contribution in [0.25, 0.3) is 44.5 Å². The van der Waals surface area contributed by atoms with Crippen molar-refractivity contribution in [2.45, 2.75) is 289 Å². The van der Waals surface area contributed by atoms with E-state index in [9.17, 15) is 57.1 Å². The fourth-order valence-electron chi connectivity index (χ4n) is 14.8. The van der Waals surface area contributed by atoms with Crippen molar-refractivity contribution in [2.24, 2.45) is 0 Å². The molecule has 9 nitrogen and oxygen atoms in total. The van der Waals surface area contributed by atoms with Crippen molar-refractivity contribution in [1.82, 2.24) is 0 Å². The fourth-order valence-corrected chi connectivity index (χ4v) is 22.9. The number of unbranched alkanes of at least 4 members (excludes halogenated alkanes) is 26. The van der Waals surface area contributed by atoms with Crippen LogP contribution in [0.5, 0.6) is 28.7 Å². The van der Waals surface area contributed by atoms with Crippen LogP contribution in [-0.4, -0.2) is 84.5 Å². The van der Waals surface area contributed by atoms with E-state index in [0.29, 0.717) is 42.2 Å². The Bertz CT molecular complexity index is 5420. The molecule has 0 aliphatic rings. The molecule has 0 bridgehead atoms. The minimum atomic E-state index is -2.12. The molecule has 0 radical (unpaired) electrons. The maximum atomic E-state index is 15.2. The summed E-state index contributed by atoms with van der Waals surface area (Å²) in [6.45, 7) is 25.5. The van der Waals surface area contributed by atoms with Crippen LogP contribution in [0.4, 0.5) is 65.9 Å². The normalized spacial score (nSPS) is 10.6. The van der Waals surface area contributed by atoms with E-state index in [-0.39, 0.29) is 86.6 Å². The summed E-state index contributed by atoms with van der Waals surface area (Å²) >= 11 is 7.81. The van der Waals surface area contributed by atoms with Gasteiger partial charge >= 0.3 is 197 Å². The van der Waals surface area contributed by atoms with Gasteiger partial charge in [0, 0.05) is 36.3 Å². The van der Waals surface area contributed by atoms with Crippen LogP contribution in [0.1, 0.15) is 273 Å². The van der Waals surface area contributed by atoms with Crippen LogP contribution in [0, 0.1) is 94.2 Å². The van der Waals surface area contributed by atoms with Crippen LogP contribution in [0.15, 0.2) is 209 Å². The number of phenolic OH excluding ortho intramolecular Hbond substituents is 1. The van der Waals surface area contributed by atoms with E-state index in [1.165, 1.54) is 258 Å². The van der Waals surface area contributed by atoms with Crippen LogP contribution in [0.2, 0.25) is 15.8 Å². The standard InChI is InChI=1S/C33H43F3GeO.C20H24BF3O3.C20H23F3O.C14H20BrFO.C8H17Br.C6H5BF2O2.C6H4BrFO.C6H4F2.C4H9.Li/c1-5-9-10-11-12-13-22-38-31-21-18-27(23-30(31)34)29-20-19-28(32(35)33(29)36)26-16-14-25(15-17-26)24-37(6-2,7-3)8-4;1-2-3-4-5-6-7-12-27-18-11-8-14(13-17(18)22)15-9-10-16(21(25)26)20(24)19(15)23;1-2-3-4-5-6-7-13-24-19-12-11-15(14-18(19)22)16-9-8-10-17(21)20(16)23;1-2-3-4-5-6-7-10-17-14-9-8-12(15)11-13(14)16;1-2-3-4-5-6-7-8-9;8-5-3-1-2-4(6(5)9)7(10)11;7-4-1-2-6(9)5(8)3-4;7-5-3-1-2-4-6(5)8;1-3-4-2;/h14-21,23H,5-13,22,24H2,1-4H3;8-11,13,25-26H,2-7,12H2,1H3;8-12,14H,2-7,13H2,1H3;8-9,11H,2-7,10H2,1H3;2-8H2,1H3;1-3,10-11H;1-3,9H;1-4H;1,3-4H2,2H3;/q;;;;;;;;-1;+1. The summed E-state index contributed by atoms with van der Waals surface area (Å²) in [4.78, 5) is 0. The Morgan fingerprint density at radius 1 is 0.277 bits per heavy atom. The number of rotatable bonds is 50. The van der Waals surface area contributed by atoms with Gasteiger partial charge in [-0.25, -0.2) is 57.1 Å². The second-order valence-electron chi connectivity index (χ2n) is 35.3. The van der Waals surface area contributed by atoms with Crippen molar-refractivity contribution in [1.29, 1.82) is 0 Å². The first-order chi connectivity index (χ1) is 70.6. The van der Waals surface area contributed by atoms with E-state index < -0.39 is 120 Å². The van der Waals surface area contributed by atoms with Gasteiger partial charge in [0.25, 0.3) is 0 Å². The van der Waals surface area contributed by atoms with Crippen LogP contribution >= 0.6 is 47.8 Å². The molecule has 0 saturated heterocycles. The minimum Gasteiger partial charge on any atom is -0.505 e. The first-order valence-corrected chi connectivity index (χ1v) is 60.2. The van der Waals surface area contributed by atoms with Crippen molar-refractivity contribution in [2.75, 3.05) is 31.8 Å². The molecule has 31 heteroatoms. The van der Waals surface area contributed by atoms with Gasteiger partial charge in [0.2, 0.25) is 0 Å². The summed E-state index contributed by atoms with van der Waals surface area (Å²) in [6.07, 6.45) is 38.0. The van der Waals surface area contributed by atoms with Gasteiger partial charge in [-0.1, -0.05) is 317 Å². The van der Waals surface area contributed by atoms with E-state index in [0.717, 1.165) is 129 Å². The number of phenols is 1. The SMILES string of the molecule is CCCCCCCCBr.CCCCCCCCOc1ccc(-c2ccc(-c3ccc([CH2][Ge]([CH2]C)([CH2]C)[CH2]C)cc3)c(F)c2F)cc1F.CCCCCCCCOc1ccc(-c2ccc(B(O)O)c(F)c2F)cc1F.CCCCCCCCOc1ccc(-c2cccc(F)c2F)cc1F.CCCCCCCCOc1ccc(Br)cc1F.Fc1ccccc1F.OB(O)c1cccc(F)c1F.Oc1ccc(Br)cc1F.[CH2-]CCC.[Li+]. The van der Waals surface area contributed by atoms with Gasteiger partial charge in [-0.3, -0.25) is 0 Å². The molecule has 808 valence electrons. The molecule has 0 heterocycles. The van der Waals surface area contributed by atoms with Gasteiger partial charge in [-0.05, 0) is 128 Å². The molecule has 0 aromatic heterocycles. The molecule has 0 amide bonds. The van der Waals surface area contributed by atoms with Crippen molar-refractivity contribution in [3.05, 3.63) is 309 Å². The number of ether oxygens (including phenoxy) is 4. The Kier molecular flexibility index (Phi) is 74.2. The number of alkyl halides is 1. The molecule has 5 N–H and O–H groups in total. The quantitative estimate of drug-likeness (QED) is 0.00829. The second-order valence-corrected chi connectivity index (χ2v) is 49.5. The molecule has 11 rings (SSSR count). The van der Waals surface area contributed by atoms with Gasteiger partial charge in [0.15, 0.2) is 98.6 Å². The van der Waals surface area contributed by atoms with Crippen LogP contribution in [0.3, 0.4) is 0 Å². The van der Waals surface area contributed by atoms with Crippen molar-refractivity contribution in [3.63, 3.8) is 0 Å². The average molecular weight is 2330 g/mol. The zero-order valence-corrected chi connectivity index (χ0v) is 94.4. The van der Waals surface area contributed by atoms with Crippen molar-refractivity contribution in [3.8, 4) is 73.3 Å². The molecular weight excluding hydrogens is 2180 g/mol. The first-order valence-electron chi connectivity index (χ1n) is 51.6.